The summed E-state index contributed by atoms with van der Waals surface area (Å²) in [5.41, 5.74) is 3.89. The number of carbonyl (C=O) groups excluding carboxylic acids is 1. The smallest absolute Gasteiger partial charge is 0.410 e. The Morgan fingerprint density at radius 3 is 2.73 bits per heavy atom. The van der Waals surface area contributed by atoms with Gasteiger partial charge in [0.25, 0.3) is 0 Å². The number of amides is 1. The molecule has 4 aliphatic heterocycles. The van der Waals surface area contributed by atoms with E-state index in [4.69, 9.17) is 14.5 Å². The first kappa shape index (κ1) is 29.7. The number of phenolic OH excluding ortho intramolecular Hbond substituents is 1. The molecule has 0 radical (unpaired) electrons. The van der Waals surface area contributed by atoms with E-state index in [-0.39, 0.29) is 35.5 Å². The van der Waals surface area contributed by atoms with Crippen molar-refractivity contribution in [2.45, 2.75) is 63.9 Å². The van der Waals surface area contributed by atoms with Crippen molar-refractivity contribution in [3.05, 3.63) is 65.6 Å². The second-order valence-corrected chi connectivity index (χ2v) is 14.2. The maximum absolute atomic E-state index is 17.4. The van der Waals surface area contributed by atoms with Crippen molar-refractivity contribution in [2.24, 2.45) is 5.92 Å². The van der Waals surface area contributed by atoms with Gasteiger partial charge in [-0.05, 0) is 98.8 Å². The third-order valence-corrected chi connectivity index (χ3v) is 11.4. The minimum absolute atomic E-state index is 0.0801. The maximum Gasteiger partial charge on any atom is 0.410 e. The molecule has 5 aromatic rings. The molecule has 2 bridgehead atoms. The summed E-state index contributed by atoms with van der Waals surface area (Å²) in [6, 6.07) is 15.9. The maximum atomic E-state index is 17.4. The second-order valence-electron chi connectivity index (χ2n) is 14.2. The summed E-state index contributed by atoms with van der Waals surface area (Å²) in [4.78, 5) is 21.7. The van der Waals surface area contributed by atoms with Crippen molar-refractivity contribution in [3.8, 4) is 22.8 Å². The first-order valence-corrected chi connectivity index (χ1v) is 17.2. The number of cyclic esters (lactones) is 1. The van der Waals surface area contributed by atoms with Crippen LogP contribution in [0.25, 0.3) is 43.7 Å². The van der Waals surface area contributed by atoms with Gasteiger partial charge in [0.15, 0.2) is 5.82 Å². The highest BCUT2D eigenvalue weighted by Gasteiger charge is 2.49. The number of likely N-dealkylation sites (tertiary alicyclic amines) is 1. The zero-order chi connectivity index (χ0) is 32.8. The molecule has 6 heterocycles. The Labute approximate surface area is 278 Å². The number of rotatable bonds is 7. The van der Waals surface area contributed by atoms with Gasteiger partial charge in [0, 0.05) is 35.3 Å². The predicted molar refractivity (Wildman–Crippen MR) is 183 cm³/mol. The number of phenols is 1. The Morgan fingerprint density at radius 2 is 2.00 bits per heavy atom. The van der Waals surface area contributed by atoms with Gasteiger partial charge in [-0.25, -0.2) is 14.2 Å². The van der Waals surface area contributed by atoms with E-state index < -0.39 is 5.82 Å². The fraction of sp³-hybridized carbons (Fsp3) is 0.421. The van der Waals surface area contributed by atoms with Crippen molar-refractivity contribution in [1.82, 2.24) is 24.7 Å². The van der Waals surface area contributed by atoms with Crippen molar-refractivity contribution in [2.75, 3.05) is 33.3 Å². The molecule has 1 amide bonds. The molecule has 2 aromatic heterocycles. The fourth-order valence-electron chi connectivity index (χ4n) is 9.01. The summed E-state index contributed by atoms with van der Waals surface area (Å²) in [7, 11) is 2.12. The van der Waals surface area contributed by atoms with Crippen LogP contribution in [0.15, 0.2) is 48.5 Å². The van der Waals surface area contributed by atoms with Crippen LogP contribution in [0, 0.1) is 18.7 Å². The molecule has 3 aromatic carbocycles. The lowest BCUT2D eigenvalue weighted by atomic mass is 9.79. The molecule has 248 valence electrons. The van der Waals surface area contributed by atoms with Crippen molar-refractivity contribution < 1.29 is 23.8 Å². The highest BCUT2D eigenvalue weighted by atomic mass is 19.1. The summed E-state index contributed by atoms with van der Waals surface area (Å²) < 4.78 is 31.8. The van der Waals surface area contributed by atoms with Crippen molar-refractivity contribution in [1.29, 1.82) is 0 Å². The minimum Gasteiger partial charge on any atom is -0.508 e. The molecule has 2 unspecified atom stereocenters. The van der Waals surface area contributed by atoms with E-state index in [0.29, 0.717) is 54.0 Å². The summed E-state index contributed by atoms with van der Waals surface area (Å²) in [6.45, 7) is 7.23. The number of hydrogen-bond donors (Lipinski definition) is 2. The van der Waals surface area contributed by atoms with Crippen LogP contribution in [-0.4, -0.2) is 82.0 Å². The number of aromatic hydroxyl groups is 1. The van der Waals surface area contributed by atoms with Crippen LogP contribution in [-0.2, 0) is 11.3 Å². The highest BCUT2D eigenvalue weighted by Crippen LogP contribution is 2.49. The van der Waals surface area contributed by atoms with Crippen LogP contribution in [0.5, 0.6) is 11.6 Å². The SMILES string of the molecule is Cc1cc2c(nc(OC(C)C3CCCN3C)c3cc(CN4CCOC4=O)n([C@H]4[C@H]5CN[C@@H]4C5)c32)c(F)c1-c1cc(O)cc2ccccc12. The first-order chi connectivity index (χ1) is 23.3. The number of aryl methyl sites for hydroxylation is 1. The van der Waals surface area contributed by atoms with E-state index in [1.807, 2.05) is 37.3 Å². The van der Waals surface area contributed by atoms with Gasteiger partial charge in [-0.15, -0.1) is 0 Å². The number of halogens is 1. The highest BCUT2D eigenvalue weighted by molar-refractivity contribution is 6.10. The summed E-state index contributed by atoms with van der Waals surface area (Å²) in [6.07, 6.45) is 2.74. The van der Waals surface area contributed by atoms with Crippen molar-refractivity contribution in [3.63, 3.8) is 0 Å². The monoisotopic (exact) mass is 649 g/mol. The Kier molecular flexibility index (Phi) is 6.85. The number of nitrogens with one attached hydrogen (secondary N) is 1. The molecule has 10 rings (SSSR count). The number of nitrogens with zero attached hydrogens (tertiary/aromatic N) is 4. The normalized spacial score (nSPS) is 24.6. The molecule has 1 aliphatic carbocycles. The predicted octanol–water partition coefficient (Wildman–Crippen LogP) is 6.51. The van der Waals surface area contributed by atoms with Crippen LogP contribution < -0.4 is 10.1 Å². The Hall–Kier alpha value is -4.41. The Morgan fingerprint density at radius 1 is 1.15 bits per heavy atom. The van der Waals surface area contributed by atoms with Gasteiger partial charge < -0.3 is 24.5 Å². The summed E-state index contributed by atoms with van der Waals surface area (Å²) in [5.74, 6) is 0.488. The van der Waals surface area contributed by atoms with E-state index in [9.17, 15) is 9.90 Å². The van der Waals surface area contributed by atoms with Gasteiger partial charge >= 0.3 is 6.09 Å². The number of aromatic nitrogens is 2. The third kappa shape index (κ3) is 4.49. The Balaban J connectivity index is 1.31. The van der Waals surface area contributed by atoms with Crippen LogP contribution in [0.1, 0.15) is 43.5 Å². The summed E-state index contributed by atoms with van der Waals surface area (Å²) in [5, 5.41) is 17.6. The number of hydrogen-bond acceptors (Lipinski definition) is 7. The molecule has 48 heavy (non-hydrogen) atoms. The molecular weight excluding hydrogens is 609 g/mol. The second kappa shape index (κ2) is 11.1. The van der Waals surface area contributed by atoms with Gasteiger partial charge in [0.2, 0.25) is 5.88 Å². The lowest BCUT2D eigenvalue weighted by molar-refractivity contribution is 0.119. The average Bonchev–Trinajstić information content (AvgIpc) is 3.90. The molecule has 9 nitrogen and oxygen atoms in total. The zero-order valence-electron chi connectivity index (χ0n) is 27.5. The molecule has 5 atom stereocenters. The topological polar surface area (TPSA) is 92.1 Å². The number of likely N-dealkylation sites (N-methyl/N-ethyl adjacent to an activating group) is 1. The van der Waals surface area contributed by atoms with E-state index >= 15 is 4.39 Å². The quantitative estimate of drug-likeness (QED) is 0.208. The lowest BCUT2D eigenvalue weighted by Crippen LogP contribution is -2.40. The van der Waals surface area contributed by atoms with Crippen LogP contribution in [0.2, 0.25) is 0 Å². The largest absolute Gasteiger partial charge is 0.508 e. The number of benzene rings is 3. The molecule has 1 saturated carbocycles. The molecule has 5 aliphatic rings. The first-order valence-electron chi connectivity index (χ1n) is 17.2. The molecule has 2 N–H and O–H groups in total. The van der Waals surface area contributed by atoms with Gasteiger partial charge in [-0.1, -0.05) is 24.3 Å². The van der Waals surface area contributed by atoms with E-state index in [1.165, 1.54) is 0 Å². The van der Waals surface area contributed by atoms with Crippen LogP contribution in [0.3, 0.4) is 0 Å². The van der Waals surface area contributed by atoms with E-state index in [2.05, 4.69) is 34.8 Å². The molecule has 4 saturated heterocycles. The van der Waals surface area contributed by atoms with Gasteiger partial charge in [-0.3, -0.25) is 9.80 Å². The fourth-order valence-corrected chi connectivity index (χ4v) is 9.01. The van der Waals surface area contributed by atoms with Crippen molar-refractivity contribution >= 4 is 38.7 Å². The summed E-state index contributed by atoms with van der Waals surface area (Å²) >= 11 is 0. The molecule has 10 heteroatoms. The molecule has 0 spiro atoms. The van der Waals surface area contributed by atoms with E-state index in [0.717, 1.165) is 65.3 Å². The zero-order valence-corrected chi connectivity index (χ0v) is 27.5. The minimum atomic E-state index is -0.440. The third-order valence-electron chi connectivity index (χ3n) is 11.4. The molecular formula is C38H40FN5O4. The standard InChI is InChI=1S/C38H40FN5O4/c1-20-13-28-34(33(39)32(20)27-17-25(45)14-22-7-4-5-8-26(22)27)41-37(48-21(2)31-9-6-10-42(31)3)29-16-24(19-43-11-12-47-38(43)46)44(36(28)29)35-23-15-30(35)40-18-23/h4-5,7-8,13-14,16-17,21,23,30-31,35,40,45H,6,9-12,15,18-19H2,1-3H3/t21?,23-,30-,31?,35+/m1/s1. The lowest BCUT2D eigenvalue weighted by Gasteiger charge is -2.38. The van der Waals surface area contributed by atoms with Gasteiger partial charge in [-0.2, -0.15) is 0 Å². The number of fused-ring (bicyclic) bond motifs is 5. The molecule has 5 fully saturated rings. The van der Waals surface area contributed by atoms with Gasteiger partial charge in [0.1, 0.15) is 24.0 Å². The Bertz CT molecular complexity index is 2120. The number of carbonyl (C=O) groups is 1. The van der Waals surface area contributed by atoms with Gasteiger partial charge in [0.05, 0.1) is 30.0 Å². The van der Waals surface area contributed by atoms with E-state index in [1.54, 1.807) is 17.0 Å². The average molecular weight is 650 g/mol. The number of ether oxygens (including phenoxy) is 2. The number of pyridine rings is 1. The van der Waals surface area contributed by atoms with Crippen LogP contribution >= 0.6 is 0 Å². The van der Waals surface area contributed by atoms with Crippen LogP contribution in [0.4, 0.5) is 9.18 Å².